The van der Waals surface area contributed by atoms with E-state index < -0.39 is 0 Å². The maximum atomic E-state index is 11.6. The SMILES string of the molecule is COC(=O)c1ccc(C=NNC(=O)Cc2cccs2)cc1. The van der Waals surface area contributed by atoms with Crippen molar-refractivity contribution >= 4 is 29.4 Å². The number of carbonyl (C=O) groups excluding carboxylic acids is 2. The molecular formula is C15H14N2O3S. The second kappa shape index (κ2) is 7.35. The van der Waals surface area contributed by atoms with Crippen LogP contribution in [0, 0.1) is 0 Å². The molecule has 0 unspecified atom stereocenters. The van der Waals surface area contributed by atoms with Gasteiger partial charge in [0.2, 0.25) is 5.91 Å². The van der Waals surface area contributed by atoms with E-state index in [1.54, 1.807) is 24.3 Å². The van der Waals surface area contributed by atoms with Crippen molar-refractivity contribution in [3.63, 3.8) is 0 Å². The van der Waals surface area contributed by atoms with E-state index in [2.05, 4.69) is 15.3 Å². The lowest BCUT2D eigenvalue weighted by molar-refractivity contribution is -0.120. The Hall–Kier alpha value is -2.47. The van der Waals surface area contributed by atoms with E-state index in [9.17, 15) is 9.59 Å². The molecule has 2 aromatic rings. The van der Waals surface area contributed by atoms with Gasteiger partial charge in [0.1, 0.15) is 0 Å². The third kappa shape index (κ3) is 4.54. The van der Waals surface area contributed by atoms with Crippen molar-refractivity contribution in [2.45, 2.75) is 6.42 Å². The van der Waals surface area contributed by atoms with Crippen LogP contribution < -0.4 is 5.43 Å². The summed E-state index contributed by atoms with van der Waals surface area (Å²) in [5.74, 6) is -0.553. The van der Waals surface area contributed by atoms with E-state index in [1.807, 2.05) is 17.5 Å². The number of esters is 1. The molecular weight excluding hydrogens is 288 g/mol. The number of hydrazone groups is 1. The van der Waals surface area contributed by atoms with Gasteiger partial charge in [-0.1, -0.05) is 18.2 Å². The fourth-order valence-electron chi connectivity index (χ4n) is 1.61. The van der Waals surface area contributed by atoms with E-state index in [-0.39, 0.29) is 11.9 Å². The second-order valence-corrected chi connectivity index (χ2v) is 5.20. The number of thiophene rings is 1. The molecule has 0 bridgehead atoms. The zero-order chi connectivity index (χ0) is 15.1. The molecule has 0 fully saturated rings. The molecule has 0 saturated heterocycles. The number of carbonyl (C=O) groups is 2. The molecule has 21 heavy (non-hydrogen) atoms. The highest BCUT2D eigenvalue weighted by Gasteiger charge is 2.04. The molecule has 0 aliphatic carbocycles. The molecule has 0 saturated carbocycles. The molecule has 1 heterocycles. The van der Waals surface area contributed by atoms with Gasteiger partial charge in [-0.05, 0) is 29.1 Å². The van der Waals surface area contributed by atoms with Crippen molar-refractivity contribution < 1.29 is 14.3 Å². The molecule has 6 heteroatoms. The first-order valence-electron chi connectivity index (χ1n) is 6.21. The summed E-state index contributed by atoms with van der Waals surface area (Å²) in [4.78, 5) is 23.9. The second-order valence-electron chi connectivity index (χ2n) is 4.16. The van der Waals surface area contributed by atoms with Gasteiger partial charge in [0.05, 0.1) is 25.3 Å². The molecule has 2 rings (SSSR count). The van der Waals surface area contributed by atoms with Crippen molar-refractivity contribution in [1.82, 2.24) is 5.43 Å². The smallest absolute Gasteiger partial charge is 0.337 e. The van der Waals surface area contributed by atoms with Crippen LogP contribution in [0.1, 0.15) is 20.8 Å². The number of nitrogens with one attached hydrogen (secondary N) is 1. The van der Waals surface area contributed by atoms with Gasteiger partial charge in [-0.2, -0.15) is 5.10 Å². The van der Waals surface area contributed by atoms with E-state index >= 15 is 0 Å². The highest BCUT2D eigenvalue weighted by atomic mass is 32.1. The molecule has 108 valence electrons. The summed E-state index contributed by atoms with van der Waals surface area (Å²) < 4.78 is 4.61. The highest BCUT2D eigenvalue weighted by Crippen LogP contribution is 2.08. The van der Waals surface area contributed by atoms with Gasteiger partial charge in [0, 0.05) is 4.88 Å². The van der Waals surface area contributed by atoms with Crippen LogP contribution in [0.25, 0.3) is 0 Å². The quantitative estimate of drug-likeness (QED) is 0.523. The van der Waals surface area contributed by atoms with Gasteiger partial charge in [0.15, 0.2) is 0 Å². The number of hydrogen-bond acceptors (Lipinski definition) is 5. The number of benzene rings is 1. The number of amides is 1. The van der Waals surface area contributed by atoms with Crippen LogP contribution in [-0.2, 0) is 16.0 Å². The van der Waals surface area contributed by atoms with Gasteiger partial charge >= 0.3 is 5.97 Å². The molecule has 1 aromatic heterocycles. The Labute approximate surface area is 126 Å². The molecule has 1 aromatic carbocycles. The maximum Gasteiger partial charge on any atom is 0.337 e. The number of nitrogens with zero attached hydrogens (tertiary/aromatic N) is 1. The normalized spacial score (nSPS) is 10.5. The number of hydrogen-bond donors (Lipinski definition) is 1. The van der Waals surface area contributed by atoms with E-state index in [0.29, 0.717) is 12.0 Å². The van der Waals surface area contributed by atoms with Crippen LogP contribution in [0.5, 0.6) is 0 Å². The van der Waals surface area contributed by atoms with Gasteiger partial charge in [-0.3, -0.25) is 4.79 Å². The largest absolute Gasteiger partial charge is 0.465 e. The predicted octanol–water partition coefficient (Wildman–Crippen LogP) is 2.23. The van der Waals surface area contributed by atoms with Gasteiger partial charge in [-0.25, -0.2) is 10.2 Å². The van der Waals surface area contributed by atoms with E-state index in [1.165, 1.54) is 24.7 Å². The third-order valence-corrected chi connectivity index (χ3v) is 3.53. The zero-order valence-corrected chi connectivity index (χ0v) is 12.2. The van der Waals surface area contributed by atoms with Crippen LogP contribution in [0.3, 0.4) is 0 Å². The standard InChI is InChI=1S/C15H14N2O3S/c1-20-15(19)12-6-4-11(5-7-12)10-16-17-14(18)9-13-3-2-8-21-13/h2-8,10H,9H2,1H3,(H,17,18). The topological polar surface area (TPSA) is 67.8 Å². The van der Waals surface area contributed by atoms with Crippen LogP contribution in [-0.4, -0.2) is 25.2 Å². The summed E-state index contributed by atoms with van der Waals surface area (Å²) in [6, 6.07) is 10.5. The van der Waals surface area contributed by atoms with Gasteiger partial charge < -0.3 is 4.74 Å². The average Bonchev–Trinajstić information content (AvgIpc) is 3.00. The number of ether oxygens (including phenoxy) is 1. The molecule has 0 atom stereocenters. The Kier molecular flexibility index (Phi) is 5.22. The minimum absolute atomic E-state index is 0.167. The van der Waals surface area contributed by atoms with Crippen molar-refractivity contribution in [2.75, 3.05) is 7.11 Å². The summed E-state index contributed by atoms with van der Waals surface area (Å²) in [6.07, 6.45) is 1.84. The minimum atomic E-state index is -0.386. The van der Waals surface area contributed by atoms with Crippen molar-refractivity contribution in [3.05, 3.63) is 57.8 Å². The molecule has 5 nitrogen and oxygen atoms in total. The summed E-state index contributed by atoms with van der Waals surface area (Å²) in [5.41, 5.74) is 3.71. The summed E-state index contributed by atoms with van der Waals surface area (Å²) in [7, 11) is 1.33. The van der Waals surface area contributed by atoms with E-state index in [0.717, 1.165) is 10.4 Å². The van der Waals surface area contributed by atoms with Crippen molar-refractivity contribution in [3.8, 4) is 0 Å². The van der Waals surface area contributed by atoms with Gasteiger partial charge in [0.25, 0.3) is 0 Å². The first-order chi connectivity index (χ1) is 10.2. The van der Waals surface area contributed by atoms with Crippen LogP contribution in [0.15, 0.2) is 46.9 Å². The fourth-order valence-corrected chi connectivity index (χ4v) is 2.32. The fraction of sp³-hybridized carbons (Fsp3) is 0.133. The Morgan fingerprint density at radius 3 is 2.67 bits per heavy atom. The Morgan fingerprint density at radius 2 is 2.05 bits per heavy atom. The first-order valence-corrected chi connectivity index (χ1v) is 7.09. The van der Waals surface area contributed by atoms with Crippen LogP contribution in [0.4, 0.5) is 0 Å². The van der Waals surface area contributed by atoms with Gasteiger partial charge in [-0.15, -0.1) is 11.3 Å². The molecule has 1 amide bonds. The average molecular weight is 302 g/mol. The number of methoxy groups -OCH3 is 1. The van der Waals surface area contributed by atoms with Crippen LogP contribution in [0.2, 0.25) is 0 Å². The molecule has 0 aliphatic rings. The molecule has 0 radical (unpaired) electrons. The highest BCUT2D eigenvalue weighted by molar-refractivity contribution is 7.10. The Balaban J connectivity index is 1.86. The Morgan fingerprint density at radius 1 is 1.29 bits per heavy atom. The van der Waals surface area contributed by atoms with E-state index in [4.69, 9.17) is 0 Å². The zero-order valence-electron chi connectivity index (χ0n) is 11.4. The van der Waals surface area contributed by atoms with Crippen molar-refractivity contribution in [2.24, 2.45) is 5.10 Å². The predicted molar refractivity (Wildman–Crippen MR) is 81.5 cm³/mol. The van der Waals surface area contributed by atoms with Crippen LogP contribution >= 0.6 is 11.3 Å². The lowest BCUT2D eigenvalue weighted by atomic mass is 10.1. The summed E-state index contributed by atoms with van der Waals surface area (Å²) in [6.45, 7) is 0. The first kappa shape index (κ1) is 14.9. The molecule has 1 N–H and O–H groups in total. The molecule has 0 aliphatic heterocycles. The van der Waals surface area contributed by atoms with Crippen molar-refractivity contribution in [1.29, 1.82) is 0 Å². The lowest BCUT2D eigenvalue weighted by Crippen LogP contribution is -2.19. The Bertz CT molecular complexity index is 633. The third-order valence-electron chi connectivity index (χ3n) is 2.65. The number of rotatable bonds is 5. The minimum Gasteiger partial charge on any atom is -0.465 e. The summed E-state index contributed by atoms with van der Waals surface area (Å²) in [5, 5.41) is 5.81. The summed E-state index contributed by atoms with van der Waals surface area (Å²) >= 11 is 1.53. The molecule has 0 spiro atoms. The lowest BCUT2D eigenvalue weighted by Gasteiger charge is -1.99. The monoisotopic (exact) mass is 302 g/mol. The maximum absolute atomic E-state index is 11.6.